The molecule has 20 heavy (non-hydrogen) atoms. The van der Waals surface area contributed by atoms with E-state index in [4.69, 9.17) is 9.47 Å². The molecule has 0 bridgehead atoms. The maximum absolute atomic E-state index is 5.47. The third-order valence-corrected chi connectivity index (χ3v) is 3.67. The van der Waals surface area contributed by atoms with E-state index in [-0.39, 0.29) is 6.04 Å². The smallest absolute Gasteiger partial charge is 0.137 e. The summed E-state index contributed by atoms with van der Waals surface area (Å²) in [5.74, 6) is 0.771. The van der Waals surface area contributed by atoms with E-state index in [1.165, 1.54) is 16.7 Å². The second-order valence-electron chi connectivity index (χ2n) is 4.90. The lowest BCUT2D eigenvalue weighted by Crippen LogP contribution is -2.18. The van der Waals surface area contributed by atoms with Crippen LogP contribution in [0.3, 0.4) is 0 Å². The van der Waals surface area contributed by atoms with Gasteiger partial charge in [0.1, 0.15) is 5.75 Å². The maximum atomic E-state index is 5.47. The van der Waals surface area contributed by atoms with E-state index in [9.17, 15) is 0 Å². The summed E-state index contributed by atoms with van der Waals surface area (Å²) in [6.07, 6.45) is 3.58. The Morgan fingerprint density at radius 2 is 2.00 bits per heavy atom. The zero-order valence-electron chi connectivity index (χ0n) is 11.7. The van der Waals surface area contributed by atoms with Crippen LogP contribution in [0.4, 0.5) is 0 Å². The Morgan fingerprint density at radius 1 is 1.15 bits per heavy atom. The van der Waals surface area contributed by atoms with E-state index in [1.54, 1.807) is 13.3 Å². The summed E-state index contributed by atoms with van der Waals surface area (Å²) in [6, 6.07) is 8.62. The SMILES string of the molecule is CNC(c1cncc(OC)c1)c1ccc2c(c1)COC2. The summed E-state index contributed by atoms with van der Waals surface area (Å²) >= 11 is 0. The fourth-order valence-electron chi connectivity index (χ4n) is 2.60. The number of hydrogen-bond donors (Lipinski definition) is 1. The topological polar surface area (TPSA) is 43.4 Å². The van der Waals surface area contributed by atoms with Crippen molar-refractivity contribution in [3.05, 3.63) is 58.9 Å². The van der Waals surface area contributed by atoms with Gasteiger partial charge in [0.2, 0.25) is 0 Å². The molecule has 1 unspecified atom stereocenters. The Kier molecular flexibility index (Phi) is 3.67. The zero-order valence-corrected chi connectivity index (χ0v) is 11.7. The largest absolute Gasteiger partial charge is 0.495 e. The molecule has 2 heterocycles. The van der Waals surface area contributed by atoms with Gasteiger partial charge >= 0.3 is 0 Å². The van der Waals surface area contributed by atoms with Gasteiger partial charge in [-0.3, -0.25) is 4.98 Å². The molecule has 0 aliphatic carbocycles. The minimum atomic E-state index is 0.100. The lowest BCUT2D eigenvalue weighted by Gasteiger charge is -2.18. The second-order valence-corrected chi connectivity index (χ2v) is 4.90. The van der Waals surface area contributed by atoms with Crippen LogP contribution in [0.15, 0.2) is 36.7 Å². The van der Waals surface area contributed by atoms with Gasteiger partial charge in [-0.15, -0.1) is 0 Å². The van der Waals surface area contributed by atoms with Crippen LogP contribution in [-0.2, 0) is 18.0 Å². The summed E-state index contributed by atoms with van der Waals surface area (Å²) < 4.78 is 10.7. The highest BCUT2D eigenvalue weighted by Gasteiger charge is 2.17. The van der Waals surface area contributed by atoms with Gasteiger partial charge in [0.15, 0.2) is 0 Å². The van der Waals surface area contributed by atoms with Crippen LogP contribution in [-0.4, -0.2) is 19.1 Å². The fourth-order valence-corrected chi connectivity index (χ4v) is 2.60. The molecule has 0 saturated carbocycles. The van der Waals surface area contributed by atoms with Crippen molar-refractivity contribution < 1.29 is 9.47 Å². The van der Waals surface area contributed by atoms with Crippen molar-refractivity contribution in [1.29, 1.82) is 0 Å². The molecule has 0 amide bonds. The molecule has 1 aliphatic rings. The monoisotopic (exact) mass is 270 g/mol. The van der Waals surface area contributed by atoms with Crippen LogP contribution in [0, 0.1) is 0 Å². The lowest BCUT2D eigenvalue weighted by atomic mass is 9.97. The molecule has 3 rings (SSSR count). The molecule has 0 fully saturated rings. The minimum absolute atomic E-state index is 0.100. The third-order valence-electron chi connectivity index (χ3n) is 3.67. The second kappa shape index (κ2) is 5.61. The first-order valence-electron chi connectivity index (χ1n) is 6.67. The minimum Gasteiger partial charge on any atom is -0.495 e. The first-order valence-corrected chi connectivity index (χ1v) is 6.67. The third kappa shape index (κ3) is 2.40. The molecule has 4 nitrogen and oxygen atoms in total. The molecule has 1 aromatic carbocycles. The van der Waals surface area contributed by atoms with Crippen molar-refractivity contribution in [3.63, 3.8) is 0 Å². The van der Waals surface area contributed by atoms with Gasteiger partial charge in [0.25, 0.3) is 0 Å². The molecular weight excluding hydrogens is 252 g/mol. The molecule has 1 aliphatic heterocycles. The molecular formula is C16H18N2O2. The van der Waals surface area contributed by atoms with Crippen molar-refractivity contribution in [2.24, 2.45) is 0 Å². The summed E-state index contributed by atoms with van der Waals surface area (Å²) in [5, 5.41) is 3.34. The van der Waals surface area contributed by atoms with Crippen LogP contribution in [0.2, 0.25) is 0 Å². The number of pyridine rings is 1. The number of nitrogens with zero attached hydrogens (tertiary/aromatic N) is 1. The molecule has 0 radical (unpaired) electrons. The predicted octanol–water partition coefficient (Wildman–Crippen LogP) is 2.43. The van der Waals surface area contributed by atoms with Crippen LogP contribution in [0.5, 0.6) is 5.75 Å². The van der Waals surface area contributed by atoms with Gasteiger partial charge in [-0.1, -0.05) is 18.2 Å². The zero-order chi connectivity index (χ0) is 13.9. The average molecular weight is 270 g/mol. The van der Waals surface area contributed by atoms with Crippen molar-refractivity contribution in [2.45, 2.75) is 19.3 Å². The molecule has 0 spiro atoms. The van der Waals surface area contributed by atoms with E-state index in [2.05, 4.69) is 28.5 Å². The maximum Gasteiger partial charge on any atom is 0.137 e. The number of nitrogens with one attached hydrogen (secondary N) is 1. The van der Waals surface area contributed by atoms with E-state index in [0.717, 1.165) is 17.9 Å². The van der Waals surface area contributed by atoms with Crippen LogP contribution >= 0.6 is 0 Å². The number of benzene rings is 1. The number of methoxy groups -OCH3 is 1. The summed E-state index contributed by atoms with van der Waals surface area (Å²) in [5.41, 5.74) is 4.86. The highest BCUT2D eigenvalue weighted by molar-refractivity contribution is 5.39. The van der Waals surface area contributed by atoms with E-state index < -0.39 is 0 Å². The van der Waals surface area contributed by atoms with Crippen molar-refractivity contribution in [3.8, 4) is 5.75 Å². The molecule has 1 aromatic heterocycles. The van der Waals surface area contributed by atoms with E-state index in [0.29, 0.717) is 6.61 Å². The van der Waals surface area contributed by atoms with Gasteiger partial charge < -0.3 is 14.8 Å². The molecule has 1 N–H and O–H groups in total. The number of ether oxygens (including phenoxy) is 2. The first-order chi connectivity index (χ1) is 9.81. The Bertz CT molecular complexity index is 613. The molecule has 0 saturated heterocycles. The van der Waals surface area contributed by atoms with Gasteiger partial charge in [0.05, 0.1) is 32.6 Å². The molecule has 104 valence electrons. The summed E-state index contributed by atoms with van der Waals surface area (Å²) in [7, 11) is 3.61. The Balaban J connectivity index is 1.96. The number of fused-ring (bicyclic) bond motifs is 1. The fraction of sp³-hybridized carbons (Fsp3) is 0.312. The Hall–Kier alpha value is -1.91. The van der Waals surface area contributed by atoms with Crippen LogP contribution < -0.4 is 10.1 Å². The van der Waals surface area contributed by atoms with Crippen molar-refractivity contribution in [2.75, 3.05) is 14.2 Å². The predicted molar refractivity (Wildman–Crippen MR) is 76.6 cm³/mol. The Labute approximate surface area is 118 Å². The van der Waals surface area contributed by atoms with E-state index >= 15 is 0 Å². The molecule has 4 heteroatoms. The molecule has 1 atom stereocenters. The highest BCUT2D eigenvalue weighted by atomic mass is 16.5. The number of rotatable bonds is 4. The Morgan fingerprint density at radius 3 is 2.80 bits per heavy atom. The van der Waals surface area contributed by atoms with Gasteiger partial charge in [-0.25, -0.2) is 0 Å². The summed E-state index contributed by atoms with van der Waals surface area (Å²) in [4.78, 5) is 4.23. The normalized spacial score (nSPS) is 14.9. The first kappa shape index (κ1) is 13.1. The standard InChI is InChI=1S/C16H18N2O2/c1-17-16(13-6-15(19-2)8-18-7-13)11-3-4-12-9-20-10-14(12)5-11/h3-8,16-17H,9-10H2,1-2H3. The van der Waals surface area contributed by atoms with E-state index in [1.807, 2.05) is 19.3 Å². The van der Waals surface area contributed by atoms with Gasteiger partial charge in [0, 0.05) is 6.20 Å². The number of aromatic nitrogens is 1. The quantitative estimate of drug-likeness (QED) is 0.926. The van der Waals surface area contributed by atoms with Gasteiger partial charge in [-0.2, -0.15) is 0 Å². The summed E-state index contributed by atoms with van der Waals surface area (Å²) in [6.45, 7) is 1.43. The van der Waals surface area contributed by atoms with Crippen molar-refractivity contribution in [1.82, 2.24) is 10.3 Å². The van der Waals surface area contributed by atoms with Gasteiger partial charge in [-0.05, 0) is 35.4 Å². The highest BCUT2D eigenvalue weighted by Crippen LogP contribution is 2.28. The van der Waals surface area contributed by atoms with Crippen molar-refractivity contribution >= 4 is 0 Å². The molecule has 2 aromatic rings. The lowest BCUT2D eigenvalue weighted by molar-refractivity contribution is 0.134. The average Bonchev–Trinajstić information content (AvgIpc) is 2.96. The van der Waals surface area contributed by atoms with Crippen LogP contribution in [0.1, 0.15) is 28.3 Å². The van der Waals surface area contributed by atoms with Crippen LogP contribution in [0.25, 0.3) is 0 Å². The number of hydrogen-bond acceptors (Lipinski definition) is 4.